The molecular weight excluding hydrogens is 300 g/mol. The quantitative estimate of drug-likeness (QED) is 0.920. The zero-order valence-corrected chi connectivity index (χ0v) is 14.1. The first-order valence-electron chi connectivity index (χ1n) is 7.09. The summed E-state index contributed by atoms with van der Waals surface area (Å²) >= 11 is 6.00. The van der Waals surface area contributed by atoms with Crippen LogP contribution >= 0.6 is 11.6 Å². The average Bonchev–Trinajstić information content (AvgIpc) is 2.79. The van der Waals surface area contributed by atoms with Crippen LogP contribution in [0.5, 0.6) is 0 Å². The average molecular weight is 321 g/mol. The predicted octanol–water partition coefficient (Wildman–Crippen LogP) is 2.41. The third-order valence-corrected chi connectivity index (χ3v) is 3.82. The largest absolute Gasteiger partial charge is 0.349 e. The Morgan fingerprint density at radius 3 is 2.50 bits per heavy atom. The van der Waals surface area contributed by atoms with Gasteiger partial charge in [-0.3, -0.25) is 9.48 Å². The van der Waals surface area contributed by atoms with E-state index in [-0.39, 0.29) is 17.6 Å². The van der Waals surface area contributed by atoms with Crippen molar-refractivity contribution in [3.05, 3.63) is 52.3 Å². The van der Waals surface area contributed by atoms with Crippen molar-refractivity contribution < 1.29 is 4.79 Å². The molecule has 1 N–H and O–H groups in total. The highest BCUT2D eigenvalue weighted by molar-refractivity contribution is 6.33. The summed E-state index contributed by atoms with van der Waals surface area (Å²) in [6.07, 6.45) is 1.61. The second-order valence-corrected chi connectivity index (χ2v) is 6.01. The van der Waals surface area contributed by atoms with Gasteiger partial charge in [-0.05, 0) is 26.6 Å². The van der Waals surface area contributed by atoms with Gasteiger partial charge in [0.2, 0.25) is 0 Å². The van der Waals surface area contributed by atoms with Crippen molar-refractivity contribution in [2.75, 3.05) is 20.6 Å². The molecule has 0 aliphatic rings. The van der Waals surface area contributed by atoms with E-state index in [0.717, 1.165) is 5.56 Å². The van der Waals surface area contributed by atoms with Crippen LogP contribution in [0.4, 0.5) is 0 Å². The Bertz CT molecular complexity index is 649. The SMILES string of the molecule is Cc1ccc(C(CNC(=O)c2nn(C)cc2Cl)N(C)C)cc1. The molecule has 6 heteroatoms. The summed E-state index contributed by atoms with van der Waals surface area (Å²) in [5.74, 6) is -0.260. The van der Waals surface area contributed by atoms with E-state index in [1.54, 1.807) is 13.2 Å². The van der Waals surface area contributed by atoms with Crippen molar-refractivity contribution in [3.8, 4) is 0 Å². The van der Waals surface area contributed by atoms with Crippen LogP contribution in [0.2, 0.25) is 5.02 Å². The normalized spacial score (nSPS) is 12.5. The number of likely N-dealkylation sites (N-methyl/N-ethyl adjacent to an activating group) is 1. The van der Waals surface area contributed by atoms with Crippen LogP contribution < -0.4 is 5.32 Å². The lowest BCUT2D eigenvalue weighted by molar-refractivity contribution is 0.0936. The molecule has 0 aliphatic heterocycles. The second-order valence-electron chi connectivity index (χ2n) is 5.60. The van der Waals surface area contributed by atoms with E-state index in [1.807, 2.05) is 14.1 Å². The second kappa shape index (κ2) is 6.94. The Labute approximate surface area is 135 Å². The Morgan fingerprint density at radius 2 is 2.00 bits per heavy atom. The highest BCUT2D eigenvalue weighted by atomic mass is 35.5. The minimum Gasteiger partial charge on any atom is -0.349 e. The summed E-state index contributed by atoms with van der Waals surface area (Å²) in [5, 5.41) is 7.34. The summed E-state index contributed by atoms with van der Waals surface area (Å²) in [6, 6.07) is 8.40. The molecule has 2 rings (SSSR count). The summed E-state index contributed by atoms with van der Waals surface area (Å²) in [6.45, 7) is 2.54. The van der Waals surface area contributed by atoms with Crippen molar-refractivity contribution >= 4 is 17.5 Å². The Morgan fingerprint density at radius 1 is 1.36 bits per heavy atom. The Balaban J connectivity index is 2.07. The predicted molar refractivity (Wildman–Crippen MR) is 88.2 cm³/mol. The standard InChI is InChI=1S/C16H21ClN4O/c1-11-5-7-12(8-6-11)14(20(2)3)9-18-16(22)15-13(17)10-21(4)19-15/h5-8,10,14H,9H2,1-4H3,(H,18,22). The molecule has 1 atom stereocenters. The van der Waals surface area contributed by atoms with Crippen molar-refractivity contribution in [2.24, 2.45) is 7.05 Å². The van der Waals surface area contributed by atoms with Crippen molar-refractivity contribution in [2.45, 2.75) is 13.0 Å². The van der Waals surface area contributed by atoms with E-state index in [1.165, 1.54) is 10.2 Å². The third kappa shape index (κ3) is 3.87. The molecule has 0 bridgehead atoms. The first-order chi connectivity index (χ1) is 10.4. The molecule has 1 amide bonds. The van der Waals surface area contributed by atoms with Gasteiger partial charge in [-0.25, -0.2) is 0 Å². The van der Waals surface area contributed by atoms with E-state index >= 15 is 0 Å². The minimum atomic E-state index is -0.260. The van der Waals surface area contributed by atoms with Crippen molar-refractivity contribution in [1.29, 1.82) is 0 Å². The summed E-state index contributed by atoms with van der Waals surface area (Å²) in [4.78, 5) is 14.3. The van der Waals surface area contributed by atoms with Gasteiger partial charge in [0.25, 0.3) is 5.91 Å². The molecule has 5 nitrogen and oxygen atoms in total. The first-order valence-corrected chi connectivity index (χ1v) is 7.46. The van der Waals surface area contributed by atoms with Crippen LogP contribution in [0.1, 0.15) is 27.7 Å². The molecule has 0 radical (unpaired) electrons. The van der Waals surface area contributed by atoms with Gasteiger partial charge in [0, 0.05) is 19.8 Å². The van der Waals surface area contributed by atoms with Crippen LogP contribution in [-0.2, 0) is 7.05 Å². The van der Waals surface area contributed by atoms with E-state index in [9.17, 15) is 4.79 Å². The van der Waals surface area contributed by atoms with Gasteiger partial charge in [-0.2, -0.15) is 5.10 Å². The molecular formula is C16H21ClN4O. The maximum atomic E-state index is 12.2. The summed E-state index contributed by atoms with van der Waals surface area (Å²) in [7, 11) is 5.71. The number of hydrogen-bond donors (Lipinski definition) is 1. The van der Waals surface area contributed by atoms with Crippen LogP contribution in [0, 0.1) is 6.92 Å². The van der Waals surface area contributed by atoms with Crippen LogP contribution in [0.25, 0.3) is 0 Å². The van der Waals surface area contributed by atoms with Crippen LogP contribution in [0.15, 0.2) is 30.5 Å². The van der Waals surface area contributed by atoms with Gasteiger partial charge >= 0.3 is 0 Å². The molecule has 0 fully saturated rings. The maximum absolute atomic E-state index is 12.2. The smallest absolute Gasteiger partial charge is 0.273 e. The number of benzene rings is 1. The number of aryl methyl sites for hydroxylation is 2. The van der Waals surface area contributed by atoms with Gasteiger partial charge < -0.3 is 10.2 Å². The van der Waals surface area contributed by atoms with Gasteiger partial charge in [0.15, 0.2) is 5.69 Å². The molecule has 1 aromatic carbocycles. The van der Waals surface area contributed by atoms with Crippen molar-refractivity contribution in [1.82, 2.24) is 20.0 Å². The van der Waals surface area contributed by atoms with E-state index in [0.29, 0.717) is 11.6 Å². The van der Waals surface area contributed by atoms with Crippen molar-refractivity contribution in [3.63, 3.8) is 0 Å². The number of nitrogens with one attached hydrogen (secondary N) is 1. The maximum Gasteiger partial charge on any atom is 0.273 e. The Hall–Kier alpha value is -1.85. The molecule has 22 heavy (non-hydrogen) atoms. The van der Waals surface area contributed by atoms with E-state index < -0.39 is 0 Å². The fourth-order valence-electron chi connectivity index (χ4n) is 2.27. The number of nitrogens with zero attached hydrogens (tertiary/aromatic N) is 3. The van der Waals surface area contributed by atoms with Gasteiger partial charge in [-0.15, -0.1) is 0 Å². The molecule has 2 aromatic rings. The molecule has 1 heterocycles. The molecule has 0 spiro atoms. The topological polar surface area (TPSA) is 50.2 Å². The monoisotopic (exact) mass is 320 g/mol. The van der Waals surface area contributed by atoms with Gasteiger partial charge in [0.05, 0.1) is 11.1 Å². The molecule has 0 aliphatic carbocycles. The lowest BCUT2D eigenvalue weighted by Gasteiger charge is -2.25. The van der Waals surface area contributed by atoms with E-state index in [4.69, 9.17) is 11.6 Å². The Kier molecular flexibility index (Phi) is 5.21. The lowest BCUT2D eigenvalue weighted by atomic mass is 10.0. The fourth-order valence-corrected chi connectivity index (χ4v) is 2.54. The number of aromatic nitrogens is 2. The molecule has 0 saturated heterocycles. The molecule has 118 valence electrons. The zero-order valence-electron chi connectivity index (χ0n) is 13.3. The number of carbonyl (C=O) groups excluding carboxylic acids is 1. The molecule has 0 saturated carbocycles. The minimum absolute atomic E-state index is 0.0898. The van der Waals surface area contributed by atoms with Crippen LogP contribution in [-0.4, -0.2) is 41.2 Å². The highest BCUT2D eigenvalue weighted by Crippen LogP contribution is 2.19. The third-order valence-electron chi connectivity index (χ3n) is 3.54. The highest BCUT2D eigenvalue weighted by Gasteiger charge is 2.18. The fraction of sp³-hybridized carbons (Fsp3) is 0.375. The van der Waals surface area contributed by atoms with Gasteiger partial charge in [0.1, 0.15) is 0 Å². The number of rotatable bonds is 5. The summed E-state index contributed by atoms with van der Waals surface area (Å²) in [5.41, 5.74) is 2.62. The zero-order chi connectivity index (χ0) is 16.3. The number of amides is 1. The van der Waals surface area contributed by atoms with E-state index in [2.05, 4.69) is 46.5 Å². The lowest BCUT2D eigenvalue weighted by Crippen LogP contribution is -2.34. The first kappa shape index (κ1) is 16.5. The number of halogens is 1. The molecule has 1 aromatic heterocycles. The molecule has 1 unspecified atom stereocenters. The van der Waals surface area contributed by atoms with Gasteiger partial charge in [-0.1, -0.05) is 41.4 Å². The summed E-state index contributed by atoms with van der Waals surface area (Å²) < 4.78 is 1.53. The number of hydrogen-bond acceptors (Lipinski definition) is 3. The number of carbonyl (C=O) groups is 1. The van der Waals surface area contributed by atoms with Crippen LogP contribution in [0.3, 0.4) is 0 Å².